The largest absolute Gasteiger partial charge is 0.416 e. The molecule has 4 rings (SSSR count). The van der Waals surface area contributed by atoms with Gasteiger partial charge in [0.15, 0.2) is 0 Å². The topological polar surface area (TPSA) is 85.0 Å². The number of hydrogen-bond acceptors (Lipinski definition) is 6. The van der Waals surface area contributed by atoms with E-state index in [-0.39, 0.29) is 18.2 Å². The lowest BCUT2D eigenvalue weighted by molar-refractivity contribution is -0.137. The summed E-state index contributed by atoms with van der Waals surface area (Å²) in [6.07, 6.45) is 2.65. The van der Waals surface area contributed by atoms with E-state index in [4.69, 9.17) is 4.52 Å². The average molecular weight is 431 g/mol. The van der Waals surface area contributed by atoms with E-state index in [9.17, 15) is 18.0 Å². The summed E-state index contributed by atoms with van der Waals surface area (Å²) in [6, 6.07) is 4.72. The molecule has 2 aromatic heterocycles. The molecule has 0 aliphatic carbocycles. The number of likely N-dealkylation sites (tertiary alicyclic amines) is 1. The predicted molar refractivity (Wildman–Crippen MR) is 103 cm³/mol. The number of aromatic nitrogens is 4. The van der Waals surface area contributed by atoms with Crippen molar-refractivity contribution in [1.29, 1.82) is 0 Å². The second kappa shape index (κ2) is 8.83. The van der Waals surface area contributed by atoms with Gasteiger partial charge in [-0.2, -0.15) is 18.2 Å². The van der Waals surface area contributed by atoms with Gasteiger partial charge in [-0.3, -0.25) is 9.78 Å². The van der Waals surface area contributed by atoms with Gasteiger partial charge in [0.05, 0.1) is 18.2 Å². The summed E-state index contributed by atoms with van der Waals surface area (Å²) >= 11 is 0. The van der Waals surface area contributed by atoms with Crippen molar-refractivity contribution in [2.45, 2.75) is 31.9 Å². The van der Waals surface area contributed by atoms with Crippen molar-refractivity contribution in [3.63, 3.8) is 0 Å². The minimum atomic E-state index is -4.38. The third-order valence-corrected chi connectivity index (χ3v) is 5.23. The Labute approximate surface area is 176 Å². The molecular weight excluding hydrogens is 411 g/mol. The number of rotatable bonds is 5. The molecule has 0 radical (unpaired) electrons. The van der Waals surface area contributed by atoms with Crippen molar-refractivity contribution in [2.24, 2.45) is 5.92 Å². The second-order valence-electron chi connectivity index (χ2n) is 7.53. The Morgan fingerprint density at radius 3 is 2.71 bits per heavy atom. The van der Waals surface area contributed by atoms with Crippen molar-refractivity contribution >= 4 is 5.91 Å². The summed E-state index contributed by atoms with van der Waals surface area (Å²) in [5, 5.41) is 3.94. The zero-order valence-electron chi connectivity index (χ0n) is 16.5. The maximum Gasteiger partial charge on any atom is 0.416 e. The molecule has 1 aliphatic heterocycles. The summed E-state index contributed by atoms with van der Waals surface area (Å²) in [6.45, 7) is 1.17. The number of halogens is 3. The van der Waals surface area contributed by atoms with Gasteiger partial charge in [0.25, 0.3) is 0 Å². The molecule has 1 amide bonds. The van der Waals surface area contributed by atoms with Crippen molar-refractivity contribution in [3.05, 3.63) is 59.9 Å². The lowest BCUT2D eigenvalue weighted by Gasteiger charge is -2.32. The quantitative estimate of drug-likeness (QED) is 0.614. The number of alkyl halides is 3. The van der Waals surface area contributed by atoms with Crippen LogP contribution >= 0.6 is 0 Å². The Hall–Kier alpha value is -3.30. The molecule has 1 fully saturated rings. The second-order valence-corrected chi connectivity index (χ2v) is 7.53. The van der Waals surface area contributed by atoms with E-state index >= 15 is 0 Å². The van der Waals surface area contributed by atoms with Crippen LogP contribution < -0.4 is 0 Å². The van der Waals surface area contributed by atoms with Gasteiger partial charge in [-0.25, -0.2) is 4.98 Å². The minimum Gasteiger partial charge on any atom is -0.342 e. The van der Waals surface area contributed by atoms with Crippen LogP contribution in [0.1, 0.15) is 29.9 Å². The molecule has 3 heterocycles. The molecule has 1 saturated heterocycles. The summed E-state index contributed by atoms with van der Waals surface area (Å²) in [5.41, 5.74) is 0.363. The number of benzene rings is 1. The van der Waals surface area contributed by atoms with Gasteiger partial charge in [-0.15, -0.1) is 0 Å². The maximum atomic E-state index is 12.7. The molecular formula is C21H20F3N5O2. The van der Waals surface area contributed by atoms with Crippen LogP contribution in [0, 0.1) is 5.92 Å². The van der Waals surface area contributed by atoms with Crippen LogP contribution in [-0.2, 0) is 23.8 Å². The Morgan fingerprint density at radius 2 is 2.00 bits per heavy atom. The first-order chi connectivity index (χ1) is 14.9. The van der Waals surface area contributed by atoms with Crippen LogP contribution in [-0.4, -0.2) is 44.0 Å². The predicted octanol–water partition coefficient (Wildman–Crippen LogP) is 3.57. The number of nitrogens with zero attached hydrogens (tertiary/aromatic N) is 5. The van der Waals surface area contributed by atoms with E-state index in [2.05, 4.69) is 20.1 Å². The Kier molecular flexibility index (Phi) is 5.97. The highest BCUT2D eigenvalue weighted by molar-refractivity contribution is 5.78. The molecule has 1 unspecified atom stereocenters. The smallest absolute Gasteiger partial charge is 0.342 e. The van der Waals surface area contributed by atoms with Gasteiger partial charge >= 0.3 is 6.18 Å². The molecule has 1 atom stereocenters. The first-order valence-electron chi connectivity index (χ1n) is 9.91. The lowest BCUT2D eigenvalue weighted by atomic mass is 9.94. The van der Waals surface area contributed by atoms with Crippen LogP contribution in [0.5, 0.6) is 0 Å². The highest BCUT2D eigenvalue weighted by Gasteiger charge is 2.30. The number of piperidine rings is 1. The maximum absolute atomic E-state index is 12.7. The average Bonchev–Trinajstić information content (AvgIpc) is 3.23. The van der Waals surface area contributed by atoms with E-state index in [1.54, 1.807) is 23.5 Å². The molecule has 0 spiro atoms. The zero-order valence-corrected chi connectivity index (χ0v) is 16.5. The fraction of sp³-hybridized carbons (Fsp3) is 0.381. The fourth-order valence-corrected chi connectivity index (χ4v) is 3.66. The number of carbonyl (C=O) groups excluding carboxylic acids is 1. The lowest BCUT2D eigenvalue weighted by Crippen LogP contribution is -2.41. The van der Waals surface area contributed by atoms with Crippen molar-refractivity contribution < 1.29 is 22.5 Å². The molecule has 0 bridgehead atoms. The Bertz CT molecular complexity index is 1020. The fourth-order valence-electron chi connectivity index (χ4n) is 3.66. The summed E-state index contributed by atoms with van der Waals surface area (Å²) in [4.78, 5) is 26.9. The Balaban J connectivity index is 1.34. The SMILES string of the molecule is O=C(Cc1ccc(C(F)(F)F)cc1)N1CCCC(Cc2nc(-c3cnccn3)no2)C1. The first-order valence-corrected chi connectivity index (χ1v) is 9.91. The highest BCUT2D eigenvalue weighted by Crippen LogP contribution is 2.29. The van der Waals surface area contributed by atoms with E-state index in [1.807, 2.05) is 0 Å². The van der Waals surface area contributed by atoms with E-state index in [0.717, 1.165) is 25.0 Å². The van der Waals surface area contributed by atoms with E-state index in [0.29, 0.717) is 42.5 Å². The van der Waals surface area contributed by atoms with Gasteiger partial charge < -0.3 is 9.42 Å². The zero-order chi connectivity index (χ0) is 21.8. The molecule has 0 saturated carbocycles. The molecule has 0 N–H and O–H groups in total. The van der Waals surface area contributed by atoms with Crippen LogP contribution in [0.25, 0.3) is 11.5 Å². The minimum absolute atomic E-state index is 0.0717. The monoisotopic (exact) mass is 431 g/mol. The third kappa shape index (κ3) is 5.25. The molecule has 1 aromatic carbocycles. The van der Waals surface area contributed by atoms with Crippen molar-refractivity contribution in [1.82, 2.24) is 25.0 Å². The summed E-state index contributed by atoms with van der Waals surface area (Å²) < 4.78 is 43.4. The molecule has 1 aliphatic rings. The Morgan fingerprint density at radius 1 is 1.19 bits per heavy atom. The first kappa shape index (κ1) is 21.0. The van der Waals surface area contributed by atoms with E-state index < -0.39 is 11.7 Å². The van der Waals surface area contributed by atoms with Gasteiger partial charge in [0, 0.05) is 31.9 Å². The summed E-state index contributed by atoms with van der Waals surface area (Å²) in [7, 11) is 0. The normalized spacial score (nSPS) is 17.0. The van der Waals surface area contributed by atoms with Gasteiger partial charge in [-0.05, 0) is 36.5 Å². The molecule has 7 nitrogen and oxygen atoms in total. The van der Waals surface area contributed by atoms with Crippen molar-refractivity contribution in [3.8, 4) is 11.5 Å². The van der Waals surface area contributed by atoms with Gasteiger partial charge in [-0.1, -0.05) is 17.3 Å². The molecule has 162 valence electrons. The molecule has 10 heteroatoms. The highest BCUT2D eigenvalue weighted by atomic mass is 19.4. The van der Waals surface area contributed by atoms with Crippen LogP contribution in [0.15, 0.2) is 47.4 Å². The molecule has 31 heavy (non-hydrogen) atoms. The van der Waals surface area contributed by atoms with Crippen LogP contribution in [0.2, 0.25) is 0 Å². The van der Waals surface area contributed by atoms with Gasteiger partial charge in [0.2, 0.25) is 17.6 Å². The van der Waals surface area contributed by atoms with Gasteiger partial charge in [0.1, 0.15) is 5.69 Å². The standard InChI is InChI=1S/C21H20F3N5O2/c22-21(23,24)16-5-3-14(4-6-16)11-19(30)29-9-1-2-15(13-29)10-18-27-20(28-31-18)17-12-25-7-8-26-17/h3-8,12,15H,1-2,9-11,13H2. The van der Waals surface area contributed by atoms with Crippen LogP contribution in [0.3, 0.4) is 0 Å². The number of hydrogen-bond donors (Lipinski definition) is 0. The number of carbonyl (C=O) groups is 1. The molecule has 3 aromatic rings. The number of amides is 1. The van der Waals surface area contributed by atoms with E-state index in [1.165, 1.54) is 12.1 Å². The van der Waals surface area contributed by atoms with Crippen LogP contribution in [0.4, 0.5) is 13.2 Å². The van der Waals surface area contributed by atoms with Crippen molar-refractivity contribution in [2.75, 3.05) is 13.1 Å². The third-order valence-electron chi connectivity index (χ3n) is 5.23. The summed E-state index contributed by atoms with van der Waals surface area (Å²) in [5.74, 6) is 0.910.